The van der Waals surface area contributed by atoms with Gasteiger partial charge in [0.2, 0.25) is 5.03 Å². The minimum absolute atomic E-state index is 0.0680. The van der Waals surface area contributed by atoms with Gasteiger partial charge < -0.3 is 0 Å². The molecule has 0 radical (unpaired) electrons. The van der Waals surface area contributed by atoms with Crippen LogP contribution in [0.4, 0.5) is 0 Å². The van der Waals surface area contributed by atoms with Crippen LogP contribution in [0.5, 0.6) is 0 Å². The molecule has 0 saturated carbocycles. The highest BCUT2D eigenvalue weighted by molar-refractivity contribution is 7.86. The molecule has 0 fully saturated rings. The summed E-state index contributed by atoms with van der Waals surface area (Å²) in [5, 5.41) is 6.33. The fraction of sp³-hybridized carbons (Fsp3) is 0. The molecule has 1 aromatic heterocycles. The summed E-state index contributed by atoms with van der Waals surface area (Å²) in [4.78, 5) is 3.61. The number of hydrogen-bond donors (Lipinski definition) is 2. The van der Waals surface area contributed by atoms with Crippen molar-refractivity contribution in [1.29, 1.82) is 0 Å². The van der Waals surface area contributed by atoms with Crippen molar-refractivity contribution in [3.05, 3.63) is 54.6 Å². The predicted octanol–water partition coefficient (Wildman–Crippen LogP) is 1.70. The van der Waals surface area contributed by atoms with Crippen molar-refractivity contribution in [2.24, 2.45) is 0 Å². The maximum Gasteiger partial charge on any atom is 0.316 e. The third-order valence-corrected chi connectivity index (χ3v) is 5.03. The molecule has 3 aromatic rings. The first-order valence-electron chi connectivity index (χ1n) is 7.02. The molecule has 9 nitrogen and oxygen atoms in total. The lowest BCUT2D eigenvalue weighted by atomic mass is 10.1. The Morgan fingerprint density at radius 2 is 1.35 bits per heavy atom. The van der Waals surface area contributed by atoms with E-state index in [4.69, 9.17) is 0 Å². The Kier molecular flexibility index (Phi) is 4.54. The zero-order valence-corrected chi connectivity index (χ0v) is 14.5. The van der Waals surface area contributed by atoms with Crippen LogP contribution in [0, 0.1) is 0 Å². The standard InChI is InChI=1S/C15H11N3O6S2/c19-25(20,21)12-9-5-4-8-11(12)14-16-13(10-6-2-1-3-7-10)15(18-17-14)26(22,23)24/h1-9H,(H,19,20,21)(H,22,23,24). The van der Waals surface area contributed by atoms with Crippen LogP contribution in [0.2, 0.25) is 0 Å². The van der Waals surface area contributed by atoms with Crippen molar-refractivity contribution < 1.29 is 25.9 Å². The topological polar surface area (TPSA) is 147 Å². The van der Waals surface area contributed by atoms with Crippen LogP contribution < -0.4 is 0 Å². The van der Waals surface area contributed by atoms with Gasteiger partial charge in [0.05, 0.1) is 0 Å². The maximum atomic E-state index is 11.6. The van der Waals surface area contributed by atoms with Crippen LogP contribution in [0.3, 0.4) is 0 Å². The van der Waals surface area contributed by atoms with E-state index >= 15 is 0 Å². The number of aromatic nitrogens is 3. The van der Waals surface area contributed by atoms with E-state index in [1.165, 1.54) is 30.3 Å². The number of hydrogen-bond acceptors (Lipinski definition) is 7. The smallest absolute Gasteiger partial charge is 0.282 e. The zero-order valence-electron chi connectivity index (χ0n) is 12.9. The van der Waals surface area contributed by atoms with Gasteiger partial charge in [-0.1, -0.05) is 42.5 Å². The Balaban J connectivity index is 2.31. The molecule has 2 N–H and O–H groups in total. The molecule has 0 amide bonds. The van der Waals surface area contributed by atoms with Crippen molar-refractivity contribution in [3.8, 4) is 22.6 Å². The Morgan fingerprint density at radius 1 is 0.731 bits per heavy atom. The first-order chi connectivity index (χ1) is 12.2. The second kappa shape index (κ2) is 6.53. The summed E-state index contributed by atoms with van der Waals surface area (Å²) in [7, 11) is -9.30. The van der Waals surface area contributed by atoms with Gasteiger partial charge in [-0.25, -0.2) is 4.98 Å². The van der Waals surface area contributed by atoms with E-state index in [1.807, 2.05) is 0 Å². The molecule has 0 aliphatic rings. The zero-order chi connectivity index (χ0) is 18.9. The largest absolute Gasteiger partial charge is 0.316 e. The van der Waals surface area contributed by atoms with Gasteiger partial charge in [0, 0.05) is 11.1 Å². The van der Waals surface area contributed by atoms with Gasteiger partial charge in [-0.05, 0) is 12.1 Å². The Labute approximate surface area is 148 Å². The highest BCUT2D eigenvalue weighted by atomic mass is 32.2. The van der Waals surface area contributed by atoms with Crippen molar-refractivity contribution in [1.82, 2.24) is 15.2 Å². The molecule has 0 unspecified atom stereocenters. The number of nitrogens with zero attached hydrogens (tertiary/aromatic N) is 3. The molecule has 0 bridgehead atoms. The SMILES string of the molecule is O=S(=O)(O)c1ccccc1-c1nnc(S(=O)(=O)O)c(-c2ccccc2)n1. The van der Waals surface area contributed by atoms with Gasteiger partial charge in [0.1, 0.15) is 10.6 Å². The molecular weight excluding hydrogens is 382 g/mol. The summed E-state index contributed by atoms with van der Waals surface area (Å²) in [6, 6.07) is 13.4. The molecule has 2 aromatic carbocycles. The summed E-state index contributed by atoms with van der Waals surface area (Å²) < 4.78 is 65.0. The first-order valence-corrected chi connectivity index (χ1v) is 9.90. The molecule has 0 atom stereocenters. The molecule has 0 aliphatic heterocycles. The van der Waals surface area contributed by atoms with E-state index in [1.54, 1.807) is 18.2 Å². The van der Waals surface area contributed by atoms with Gasteiger partial charge in [0.25, 0.3) is 10.1 Å². The maximum absolute atomic E-state index is 11.6. The Hall–Kier alpha value is -2.73. The second-order valence-corrected chi connectivity index (χ2v) is 7.83. The fourth-order valence-electron chi connectivity index (χ4n) is 2.26. The first kappa shape index (κ1) is 18.1. The van der Waals surface area contributed by atoms with Gasteiger partial charge in [-0.2, -0.15) is 16.8 Å². The Morgan fingerprint density at radius 3 is 1.96 bits per heavy atom. The van der Waals surface area contributed by atoms with Crippen molar-refractivity contribution >= 4 is 20.2 Å². The van der Waals surface area contributed by atoms with E-state index in [0.717, 1.165) is 6.07 Å². The molecule has 3 rings (SSSR count). The quantitative estimate of drug-likeness (QED) is 0.632. The van der Waals surface area contributed by atoms with E-state index in [-0.39, 0.29) is 17.1 Å². The molecule has 0 saturated heterocycles. The van der Waals surface area contributed by atoms with Gasteiger partial charge >= 0.3 is 10.1 Å². The third kappa shape index (κ3) is 3.60. The average molecular weight is 393 g/mol. The Bertz CT molecular complexity index is 1180. The van der Waals surface area contributed by atoms with Gasteiger partial charge in [-0.15, -0.1) is 10.2 Å². The summed E-state index contributed by atoms with van der Waals surface area (Å²) in [5.41, 5.74) is 0.0467. The fourth-order valence-corrected chi connectivity index (χ4v) is 3.50. The molecule has 0 spiro atoms. The number of benzene rings is 2. The van der Waals surface area contributed by atoms with Crippen molar-refractivity contribution in [3.63, 3.8) is 0 Å². The number of rotatable bonds is 4. The lowest BCUT2D eigenvalue weighted by Crippen LogP contribution is -2.10. The summed E-state index contributed by atoms with van der Waals surface area (Å²) in [5.74, 6) is -0.232. The molecule has 26 heavy (non-hydrogen) atoms. The summed E-state index contributed by atoms with van der Waals surface area (Å²) in [6.07, 6.45) is 0. The molecule has 134 valence electrons. The molecule has 11 heteroatoms. The normalized spacial score (nSPS) is 12.1. The van der Waals surface area contributed by atoms with Crippen LogP contribution in [0.1, 0.15) is 0 Å². The van der Waals surface area contributed by atoms with Crippen LogP contribution >= 0.6 is 0 Å². The lowest BCUT2D eigenvalue weighted by molar-refractivity contribution is 0.476. The van der Waals surface area contributed by atoms with Gasteiger partial charge in [-0.3, -0.25) is 9.11 Å². The molecule has 0 aliphatic carbocycles. The monoisotopic (exact) mass is 393 g/mol. The van der Waals surface area contributed by atoms with Crippen molar-refractivity contribution in [2.75, 3.05) is 0 Å². The summed E-state index contributed by atoms with van der Waals surface area (Å²) >= 11 is 0. The average Bonchev–Trinajstić information content (AvgIpc) is 2.60. The van der Waals surface area contributed by atoms with E-state index in [9.17, 15) is 25.9 Å². The van der Waals surface area contributed by atoms with Crippen molar-refractivity contribution in [2.45, 2.75) is 9.92 Å². The highest BCUT2D eigenvalue weighted by Gasteiger charge is 2.24. The minimum Gasteiger partial charge on any atom is -0.282 e. The van der Waals surface area contributed by atoms with Crippen LogP contribution in [0.25, 0.3) is 22.6 Å². The van der Waals surface area contributed by atoms with Crippen LogP contribution in [-0.2, 0) is 20.2 Å². The highest BCUT2D eigenvalue weighted by Crippen LogP contribution is 2.28. The third-order valence-electron chi connectivity index (χ3n) is 3.35. The van der Waals surface area contributed by atoms with E-state index in [2.05, 4.69) is 15.2 Å². The lowest BCUT2D eigenvalue weighted by Gasteiger charge is -2.09. The van der Waals surface area contributed by atoms with Crippen LogP contribution in [-0.4, -0.2) is 41.1 Å². The molecule has 1 heterocycles. The van der Waals surface area contributed by atoms with Crippen LogP contribution in [0.15, 0.2) is 64.5 Å². The van der Waals surface area contributed by atoms with E-state index in [0.29, 0.717) is 5.56 Å². The summed E-state index contributed by atoms with van der Waals surface area (Å²) in [6.45, 7) is 0. The van der Waals surface area contributed by atoms with Gasteiger partial charge in [0.15, 0.2) is 5.82 Å². The molecular formula is C15H11N3O6S2. The van der Waals surface area contributed by atoms with E-state index < -0.39 is 30.2 Å². The predicted molar refractivity (Wildman–Crippen MR) is 90.3 cm³/mol. The minimum atomic E-state index is -4.72. The second-order valence-electron chi connectivity index (χ2n) is 5.10.